The molecule has 0 N–H and O–H groups in total. The molecule has 0 aliphatic carbocycles. The highest BCUT2D eigenvalue weighted by Gasteiger charge is 2.12. The summed E-state index contributed by atoms with van der Waals surface area (Å²) in [5.74, 6) is 0.781. The molecule has 2 aromatic carbocycles. The number of hydrogen-bond donors (Lipinski definition) is 0. The Morgan fingerprint density at radius 3 is 2.59 bits per heavy atom. The molecular weight excluding hydrogens is 382 g/mol. The number of benzene rings is 2. The van der Waals surface area contributed by atoms with Crippen molar-refractivity contribution in [1.29, 1.82) is 0 Å². The molecule has 0 atom stereocenters. The van der Waals surface area contributed by atoms with Crippen LogP contribution in [0.25, 0.3) is 10.2 Å². The van der Waals surface area contributed by atoms with Gasteiger partial charge < -0.3 is 4.57 Å². The fourth-order valence-electron chi connectivity index (χ4n) is 2.75. The van der Waals surface area contributed by atoms with Crippen molar-refractivity contribution >= 4 is 44.9 Å². The van der Waals surface area contributed by atoms with Crippen molar-refractivity contribution in [2.45, 2.75) is 31.7 Å². The summed E-state index contributed by atoms with van der Waals surface area (Å²) >= 11 is 3.12. The van der Waals surface area contributed by atoms with Crippen molar-refractivity contribution in [3.8, 4) is 0 Å². The molecular formula is C19H19N3O3S2. The fourth-order valence-corrected chi connectivity index (χ4v) is 4.51. The predicted octanol–water partition coefficient (Wildman–Crippen LogP) is 4.41. The number of nitrogens with zero attached hydrogens (tertiary/aromatic N) is 3. The van der Waals surface area contributed by atoms with E-state index in [0.29, 0.717) is 11.3 Å². The van der Waals surface area contributed by atoms with Gasteiger partial charge in [-0.1, -0.05) is 30.4 Å². The highest BCUT2D eigenvalue weighted by atomic mass is 32.2. The normalized spacial score (nSPS) is 11.9. The van der Waals surface area contributed by atoms with Crippen molar-refractivity contribution in [3.63, 3.8) is 0 Å². The third-order valence-corrected chi connectivity index (χ3v) is 5.96. The third kappa shape index (κ3) is 4.45. The first-order chi connectivity index (χ1) is 13.0. The van der Waals surface area contributed by atoms with Crippen molar-refractivity contribution in [2.24, 2.45) is 4.99 Å². The SMILES string of the molecule is CCSc1ccc(CC(=O)N=c2sc3ccc([N+](=O)[O-])cc3n2CC)cc1. The van der Waals surface area contributed by atoms with Gasteiger partial charge in [0.25, 0.3) is 11.6 Å². The van der Waals surface area contributed by atoms with Gasteiger partial charge in [-0.2, -0.15) is 4.99 Å². The highest BCUT2D eigenvalue weighted by molar-refractivity contribution is 7.99. The van der Waals surface area contributed by atoms with Gasteiger partial charge >= 0.3 is 0 Å². The van der Waals surface area contributed by atoms with Gasteiger partial charge in [0.1, 0.15) is 0 Å². The zero-order valence-electron chi connectivity index (χ0n) is 15.0. The van der Waals surface area contributed by atoms with E-state index >= 15 is 0 Å². The van der Waals surface area contributed by atoms with Crippen molar-refractivity contribution in [3.05, 3.63) is 62.9 Å². The molecule has 0 fully saturated rings. The number of nitro groups is 1. The number of rotatable bonds is 6. The molecule has 27 heavy (non-hydrogen) atoms. The number of aromatic nitrogens is 1. The smallest absolute Gasteiger partial charge is 0.271 e. The molecule has 0 aliphatic heterocycles. The van der Waals surface area contributed by atoms with Crippen LogP contribution in [0, 0.1) is 10.1 Å². The number of fused-ring (bicyclic) bond motifs is 1. The van der Waals surface area contributed by atoms with E-state index in [0.717, 1.165) is 21.5 Å². The van der Waals surface area contributed by atoms with Gasteiger partial charge in [0, 0.05) is 23.6 Å². The number of carbonyl (C=O) groups is 1. The molecule has 6 nitrogen and oxygen atoms in total. The van der Waals surface area contributed by atoms with Crippen LogP contribution in [0.15, 0.2) is 52.4 Å². The summed E-state index contributed by atoms with van der Waals surface area (Å²) in [5.41, 5.74) is 1.68. The van der Waals surface area contributed by atoms with E-state index in [2.05, 4.69) is 11.9 Å². The number of thiazole rings is 1. The quantitative estimate of drug-likeness (QED) is 0.348. The molecule has 1 aromatic heterocycles. The second kappa shape index (κ2) is 8.49. The van der Waals surface area contributed by atoms with Gasteiger partial charge in [-0.05, 0) is 36.4 Å². The number of carbonyl (C=O) groups excluding carboxylic acids is 1. The highest BCUT2D eigenvalue weighted by Crippen LogP contribution is 2.23. The van der Waals surface area contributed by atoms with E-state index in [1.54, 1.807) is 17.8 Å². The minimum atomic E-state index is -0.417. The minimum Gasteiger partial charge on any atom is -0.316 e. The Labute approximate surface area is 164 Å². The minimum absolute atomic E-state index is 0.0328. The van der Waals surface area contributed by atoms with Crippen LogP contribution in [0.4, 0.5) is 5.69 Å². The summed E-state index contributed by atoms with van der Waals surface area (Å²) in [6.45, 7) is 4.61. The van der Waals surface area contributed by atoms with E-state index in [-0.39, 0.29) is 18.0 Å². The number of amides is 1. The molecule has 3 rings (SSSR count). The van der Waals surface area contributed by atoms with E-state index in [1.165, 1.54) is 28.4 Å². The molecule has 0 bridgehead atoms. The Morgan fingerprint density at radius 2 is 1.96 bits per heavy atom. The van der Waals surface area contributed by atoms with Crippen LogP contribution in [0.3, 0.4) is 0 Å². The van der Waals surface area contributed by atoms with Crippen LogP contribution in [-0.2, 0) is 17.8 Å². The Kier molecular flexibility index (Phi) is 6.08. The van der Waals surface area contributed by atoms with Crippen LogP contribution in [0.1, 0.15) is 19.4 Å². The van der Waals surface area contributed by atoms with Gasteiger partial charge in [0.15, 0.2) is 4.80 Å². The second-order valence-electron chi connectivity index (χ2n) is 5.80. The molecule has 3 aromatic rings. The number of aryl methyl sites for hydroxylation is 1. The first kappa shape index (κ1) is 19.3. The molecule has 0 radical (unpaired) electrons. The van der Waals surface area contributed by atoms with Gasteiger partial charge in [-0.3, -0.25) is 14.9 Å². The molecule has 0 saturated heterocycles. The molecule has 1 heterocycles. The largest absolute Gasteiger partial charge is 0.316 e. The number of non-ortho nitro benzene ring substituents is 1. The Morgan fingerprint density at radius 1 is 1.22 bits per heavy atom. The maximum absolute atomic E-state index is 12.4. The zero-order chi connectivity index (χ0) is 19.4. The second-order valence-corrected chi connectivity index (χ2v) is 8.14. The standard InChI is InChI=1S/C19H19N3O3S2/c1-3-21-16-12-14(22(24)25)7-10-17(16)27-19(21)20-18(23)11-13-5-8-15(9-6-13)26-4-2/h5-10,12H,3-4,11H2,1-2H3. The monoisotopic (exact) mass is 401 g/mol. The average molecular weight is 402 g/mol. The van der Waals surface area contributed by atoms with E-state index in [4.69, 9.17) is 0 Å². The molecule has 0 saturated carbocycles. The number of thioether (sulfide) groups is 1. The Balaban J connectivity index is 1.90. The van der Waals surface area contributed by atoms with E-state index in [9.17, 15) is 14.9 Å². The maximum atomic E-state index is 12.4. The number of nitro benzene ring substituents is 1. The Hall–Kier alpha value is -2.45. The first-order valence-electron chi connectivity index (χ1n) is 8.59. The zero-order valence-corrected chi connectivity index (χ0v) is 16.7. The Bertz CT molecular complexity index is 1050. The van der Waals surface area contributed by atoms with Crippen LogP contribution in [0.5, 0.6) is 0 Å². The third-order valence-electron chi connectivity index (χ3n) is 4.00. The van der Waals surface area contributed by atoms with Crippen LogP contribution in [0.2, 0.25) is 0 Å². The van der Waals surface area contributed by atoms with Gasteiger partial charge in [-0.15, -0.1) is 11.8 Å². The lowest BCUT2D eigenvalue weighted by atomic mass is 10.1. The molecule has 0 spiro atoms. The van der Waals surface area contributed by atoms with Crippen molar-refractivity contribution in [2.75, 3.05) is 5.75 Å². The molecule has 1 amide bonds. The molecule has 8 heteroatoms. The van der Waals surface area contributed by atoms with Crippen LogP contribution >= 0.6 is 23.1 Å². The van der Waals surface area contributed by atoms with Gasteiger partial charge in [-0.25, -0.2) is 0 Å². The van der Waals surface area contributed by atoms with Crippen molar-refractivity contribution in [1.82, 2.24) is 4.57 Å². The van der Waals surface area contributed by atoms with Crippen LogP contribution < -0.4 is 4.80 Å². The lowest BCUT2D eigenvalue weighted by molar-refractivity contribution is -0.384. The molecule has 140 valence electrons. The summed E-state index contributed by atoms with van der Waals surface area (Å²) in [6.07, 6.45) is 0.231. The summed E-state index contributed by atoms with van der Waals surface area (Å²) in [4.78, 5) is 29.0. The summed E-state index contributed by atoms with van der Waals surface area (Å²) in [5, 5.41) is 11.0. The van der Waals surface area contributed by atoms with Gasteiger partial charge in [0.2, 0.25) is 0 Å². The average Bonchev–Trinajstić information content (AvgIpc) is 2.99. The topological polar surface area (TPSA) is 77.5 Å². The van der Waals surface area contributed by atoms with E-state index in [1.807, 2.05) is 35.8 Å². The fraction of sp³-hybridized carbons (Fsp3) is 0.263. The van der Waals surface area contributed by atoms with Gasteiger partial charge in [0.05, 0.1) is 21.6 Å². The summed E-state index contributed by atoms with van der Waals surface area (Å²) in [7, 11) is 0. The summed E-state index contributed by atoms with van der Waals surface area (Å²) < 4.78 is 2.71. The van der Waals surface area contributed by atoms with Crippen molar-refractivity contribution < 1.29 is 9.72 Å². The summed E-state index contributed by atoms with van der Waals surface area (Å²) in [6, 6.07) is 12.6. The lowest BCUT2D eigenvalue weighted by Crippen LogP contribution is -2.16. The predicted molar refractivity (Wildman–Crippen MR) is 109 cm³/mol. The first-order valence-corrected chi connectivity index (χ1v) is 10.4. The molecule has 0 aliphatic rings. The molecule has 0 unspecified atom stereocenters. The lowest BCUT2D eigenvalue weighted by Gasteiger charge is -2.02. The van der Waals surface area contributed by atoms with E-state index < -0.39 is 4.92 Å². The number of hydrogen-bond acceptors (Lipinski definition) is 5. The maximum Gasteiger partial charge on any atom is 0.271 e. The van der Waals surface area contributed by atoms with Crippen LogP contribution in [-0.4, -0.2) is 21.2 Å².